The van der Waals surface area contributed by atoms with E-state index in [9.17, 15) is 0 Å². The molecule has 0 unspecified atom stereocenters. The van der Waals surface area contributed by atoms with E-state index in [1.807, 2.05) is 0 Å². The maximum Gasteiger partial charge on any atom is 0.384 e. The first-order valence-corrected chi connectivity index (χ1v) is 14.7. The number of rotatable bonds is 5. The minimum absolute atomic E-state index is 0.0599. The van der Waals surface area contributed by atoms with E-state index in [-0.39, 0.29) is 5.41 Å². The molecule has 1 spiro atoms. The fourth-order valence-corrected chi connectivity index (χ4v) is 8.21. The molecule has 4 aromatic carbocycles. The minimum atomic E-state index is -1.34. The van der Waals surface area contributed by atoms with Gasteiger partial charge in [0.2, 0.25) is 0 Å². The molecule has 186 valence electrons. The summed E-state index contributed by atoms with van der Waals surface area (Å²) in [5, 5.41) is 0. The van der Waals surface area contributed by atoms with E-state index in [2.05, 4.69) is 103 Å². The van der Waals surface area contributed by atoms with Crippen molar-refractivity contribution < 1.29 is 9.05 Å². The second-order valence-electron chi connectivity index (χ2n) is 10.3. The Morgan fingerprint density at radius 1 is 0.649 bits per heavy atom. The summed E-state index contributed by atoms with van der Waals surface area (Å²) in [6.07, 6.45) is 4.39. The first kappa shape index (κ1) is 23.0. The van der Waals surface area contributed by atoms with Crippen LogP contribution in [0.3, 0.4) is 0 Å². The van der Waals surface area contributed by atoms with Gasteiger partial charge in [-0.25, -0.2) is 4.67 Å². The van der Waals surface area contributed by atoms with Gasteiger partial charge in [-0.05, 0) is 47.9 Å². The molecule has 0 atom stereocenters. The lowest BCUT2D eigenvalue weighted by Crippen LogP contribution is -2.28. The molecule has 3 nitrogen and oxygen atoms in total. The van der Waals surface area contributed by atoms with E-state index in [1.165, 1.54) is 44.5 Å². The van der Waals surface area contributed by atoms with Crippen molar-refractivity contribution in [3.8, 4) is 33.8 Å². The average molecular weight is 506 g/mol. The van der Waals surface area contributed by atoms with Crippen LogP contribution in [0.15, 0.2) is 84.9 Å². The molecule has 0 saturated heterocycles. The van der Waals surface area contributed by atoms with Gasteiger partial charge in [0.05, 0.1) is 0 Å². The van der Waals surface area contributed by atoms with Crippen molar-refractivity contribution in [3.05, 3.63) is 107 Å². The van der Waals surface area contributed by atoms with Gasteiger partial charge in [0.15, 0.2) is 0 Å². The first-order valence-electron chi connectivity index (χ1n) is 13.6. The van der Waals surface area contributed by atoms with Crippen LogP contribution in [0.25, 0.3) is 22.3 Å². The summed E-state index contributed by atoms with van der Waals surface area (Å²) in [7, 11) is -1.34. The summed E-state index contributed by atoms with van der Waals surface area (Å²) < 4.78 is 16.6. The Bertz CT molecular complexity index is 1360. The summed E-state index contributed by atoms with van der Waals surface area (Å²) in [6, 6.07) is 30.7. The predicted molar refractivity (Wildman–Crippen MR) is 152 cm³/mol. The highest BCUT2D eigenvalue weighted by molar-refractivity contribution is 7.45. The molecule has 7 rings (SSSR count). The van der Waals surface area contributed by atoms with E-state index in [1.54, 1.807) is 0 Å². The van der Waals surface area contributed by atoms with Gasteiger partial charge in [-0.15, -0.1) is 0 Å². The summed E-state index contributed by atoms with van der Waals surface area (Å²) >= 11 is 0. The van der Waals surface area contributed by atoms with E-state index in [0.717, 1.165) is 50.3 Å². The smallest absolute Gasteiger partial charge is 0.384 e. The van der Waals surface area contributed by atoms with Gasteiger partial charge in [0.1, 0.15) is 11.5 Å². The van der Waals surface area contributed by atoms with Crippen LogP contribution in [-0.2, 0) is 18.3 Å². The number of hydrogen-bond donors (Lipinski definition) is 0. The van der Waals surface area contributed by atoms with E-state index >= 15 is 0 Å². The third-order valence-electron chi connectivity index (χ3n) is 8.56. The standard InChI is InChI=1S/C33H32NO2P/c1-3-34(4-2)37-35-31-27(23-11-7-5-8-12-23)17-15-25-19-21-33(29(25)31)22-20-26-16-18-28(32(36-37)30(26)33)24-13-9-6-10-14-24/h5-18H,3-4,19-22H2,1-2H3. The van der Waals surface area contributed by atoms with Crippen LogP contribution >= 0.6 is 8.53 Å². The number of aryl methyl sites for hydroxylation is 2. The molecule has 0 aromatic heterocycles. The van der Waals surface area contributed by atoms with Crippen molar-refractivity contribution in [1.29, 1.82) is 0 Å². The Balaban J connectivity index is 1.54. The molecular formula is C33H32NO2P. The van der Waals surface area contributed by atoms with Crippen LogP contribution < -0.4 is 9.05 Å². The van der Waals surface area contributed by atoms with Crippen molar-refractivity contribution in [2.45, 2.75) is 44.9 Å². The Morgan fingerprint density at radius 2 is 1.11 bits per heavy atom. The van der Waals surface area contributed by atoms with Gasteiger partial charge in [0.25, 0.3) is 0 Å². The minimum Gasteiger partial charge on any atom is -0.426 e. The van der Waals surface area contributed by atoms with Crippen molar-refractivity contribution in [1.82, 2.24) is 4.67 Å². The topological polar surface area (TPSA) is 21.7 Å². The van der Waals surface area contributed by atoms with Crippen LogP contribution in [0, 0.1) is 0 Å². The highest BCUT2D eigenvalue weighted by Crippen LogP contribution is 2.64. The molecule has 0 bridgehead atoms. The Hall–Kier alpha value is -3.13. The summed E-state index contributed by atoms with van der Waals surface area (Å²) in [5.41, 5.74) is 10.4. The summed E-state index contributed by atoms with van der Waals surface area (Å²) in [5.74, 6) is 2.09. The molecule has 1 heterocycles. The van der Waals surface area contributed by atoms with E-state index in [0.29, 0.717) is 0 Å². The van der Waals surface area contributed by atoms with Gasteiger partial charge in [-0.2, -0.15) is 0 Å². The number of benzene rings is 4. The normalized spacial score (nSPS) is 16.9. The SMILES string of the molecule is CCN(CC)P1Oc2c(-c3ccccc3)ccc3c2C2(CC3)CCc3ccc(-c4ccccc4)c(c32)O1. The molecule has 37 heavy (non-hydrogen) atoms. The maximum absolute atomic E-state index is 7.12. The van der Waals surface area contributed by atoms with Gasteiger partial charge < -0.3 is 9.05 Å². The average Bonchev–Trinajstić information content (AvgIpc) is 3.51. The zero-order valence-corrected chi connectivity index (χ0v) is 22.4. The maximum atomic E-state index is 7.12. The predicted octanol–water partition coefficient (Wildman–Crippen LogP) is 8.54. The molecule has 0 saturated carbocycles. The van der Waals surface area contributed by atoms with Gasteiger partial charge in [-0.3, -0.25) is 0 Å². The highest BCUT2D eigenvalue weighted by Gasteiger charge is 2.51. The molecule has 2 aliphatic carbocycles. The molecule has 4 heteroatoms. The Labute approximate surface area is 221 Å². The van der Waals surface area contributed by atoms with Crippen LogP contribution in [0.1, 0.15) is 48.9 Å². The van der Waals surface area contributed by atoms with Crippen LogP contribution in [-0.4, -0.2) is 17.8 Å². The largest absolute Gasteiger partial charge is 0.426 e. The highest BCUT2D eigenvalue weighted by atomic mass is 31.2. The fraction of sp³-hybridized carbons (Fsp3) is 0.273. The second kappa shape index (κ2) is 9.01. The molecule has 0 N–H and O–H groups in total. The van der Waals surface area contributed by atoms with Crippen molar-refractivity contribution in [3.63, 3.8) is 0 Å². The third kappa shape index (κ3) is 3.48. The molecule has 4 aromatic rings. The lowest BCUT2D eigenvalue weighted by molar-refractivity contribution is 0.355. The van der Waals surface area contributed by atoms with Crippen LogP contribution in [0.2, 0.25) is 0 Å². The molecule has 0 radical (unpaired) electrons. The van der Waals surface area contributed by atoms with Gasteiger partial charge >= 0.3 is 8.53 Å². The Kier molecular flexibility index (Phi) is 5.61. The van der Waals surface area contributed by atoms with Gasteiger partial charge in [-0.1, -0.05) is 98.8 Å². The van der Waals surface area contributed by atoms with E-state index in [4.69, 9.17) is 9.05 Å². The summed E-state index contributed by atoms with van der Waals surface area (Å²) in [6.45, 7) is 6.14. The summed E-state index contributed by atoms with van der Waals surface area (Å²) in [4.78, 5) is 0. The quantitative estimate of drug-likeness (QED) is 0.254. The first-order chi connectivity index (χ1) is 18.2. The fourth-order valence-electron chi connectivity index (χ4n) is 6.78. The van der Waals surface area contributed by atoms with Crippen molar-refractivity contribution in [2.24, 2.45) is 0 Å². The van der Waals surface area contributed by atoms with Crippen LogP contribution in [0.5, 0.6) is 11.5 Å². The molecule has 0 fully saturated rings. The lowest BCUT2D eigenvalue weighted by Gasteiger charge is -2.38. The van der Waals surface area contributed by atoms with Gasteiger partial charge in [0, 0.05) is 40.8 Å². The molecular weight excluding hydrogens is 473 g/mol. The van der Waals surface area contributed by atoms with E-state index < -0.39 is 8.53 Å². The van der Waals surface area contributed by atoms with Crippen molar-refractivity contribution >= 4 is 8.53 Å². The lowest BCUT2D eigenvalue weighted by atomic mass is 9.74. The third-order valence-corrected chi connectivity index (χ3v) is 10.3. The zero-order valence-electron chi connectivity index (χ0n) is 21.5. The van der Waals surface area contributed by atoms with Crippen molar-refractivity contribution in [2.75, 3.05) is 13.1 Å². The molecule has 1 aliphatic heterocycles. The molecule has 0 amide bonds. The Morgan fingerprint density at radius 3 is 1.54 bits per heavy atom. The van der Waals surface area contributed by atoms with Crippen LogP contribution in [0.4, 0.5) is 0 Å². The number of hydrogen-bond acceptors (Lipinski definition) is 3. The second-order valence-corrected chi connectivity index (χ2v) is 11.7. The monoisotopic (exact) mass is 505 g/mol. The number of nitrogens with zero attached hydrogens (tertiary/aromatic N) is 1. The molecule has 3 aliphatic rings. The zero-order chi connectivity index (χ0) is 25.0.